The maximum Gasteiger partial charge on any atom is 0.226 e. The Kier molecular flexibility index (Phi) is 2.71. The van der Waals surface area contributed by atoms with Crippen LogP contribution >= 0.6 is 0 Å². The van der Waals surface area contributed by atoms with Crippen LogP contribution in [0, 0.1) is 5.92 Å². The second-order valence-corrected chi connectivity index (χ2v) is 4.92. The van der Waals surface area contributed by atoms with Gasteiger partial charge in [-0.05, 0) is 30.4 Å². The fourth-order valence-corrected chi connectivity index (χ4v) is 2.76. The van der Waals surface area contributed by atoms with Gasteiger partial charge in [-0.3, -0.25) is 4.79 Å². The molecule has 1 aromatic carbocycles. The Morgan fingerprint density at radius 3 is 2.59 bits per heavy atom. The molecular formula is C15H17NO. The van der Waals surface area contributed by atoms with Gasteiger partial charge < -0.3 is 4.90 Å². The van der Waals surface area contributed by atoms with E-state index in [2.05, 4.69) is 36.4 Å². The van der Waals surface area contributed by atoms with Crippen LogP contribution in [0.3, 0.4) is 0 Å². The third-order valence-corrected chi connectivity index (χ3v) is 3.80. The molecule has 0 aromatic heterocycles. The minimum absolute atomic E-state index is 0.209. The summed E-state index contributed by atoms with van der Waals surface area (Å²) in [6.45, 7) is 1.68. The SMILES string of the molecule is O=C(C1CC=CC1)N1CCc2ccccc2C1. The zero-order valence-corrected chi connectivity index (χ0v) is 9.93. The van der Waals surface area contributed by atoms with Crippen molar-refractivity contribution in [2.75, 3.05) is 6.54 Å². The van der Waals surface area contributed by atoms with Gasteiger partial charge in [0.05, 0.1) is 0 Å². The molecule has 1 aliphatic heterocycles. The van der Waals surface area contributed by atoms with Crippen LogP contribution in [0.15, 0.2) is 36.4 Å². The van der Waals surface area contributed by atoms with Crippen molar-refractivity contribution < 1.29 is 4.79 Å². The molecule has 0 atom stereocenters. The smallest absolute Gasteiger partial charge is 0.226 e. The first kappa shape index (κ1) is 10.6. The van der Waals surface area contributed by atoms with Crippen molar-refractivity contribution >= 4 is 5.91 Å². The van der Waals surface area contributed by atoms with Crippen molar-refractivity contribution in [3.63, 3.8) is 0 Å². The fraction of sp³-hybridized carbons (Fsp3) is 0.400. The van der Waals surface area contributed by atoms with Crippen LogP contribution in [0.4, 0.5) is 0 Å². The number of fused-ring (bicyclic) bond motifs is 1. The lowest BCUT2D eigenvalue weighted by atomic mass is 9.97. The van der Waals surface area contributed by atoms with Crippen LogP contribution in [0.1, 0.15) is 24.0 Å². The first-order valence-corrected chi connectivity index (χ1v) is 6.35. The Morgan fingerprint density at radius 2 is 1.82 bits per heavy atom. The number of nitrogens with zero attached hydrogens (tertiary/aromatic N) is 1. The Labute approximate surface area is 102 Å². The van der Waals surface area contributed by atoms with Gasteiger partial charge in [-0.1, -0.05) is 36.4 Å². The van der Waals surface area contributed by atoms with Gasteiger partial charge in [0.1, 0.15) is 0 Å². The minimum Gasteiger partial charge on any atom is -0.338 e. The molecule has 1 heterocycles. The van der Waals surface area contributed by atoms with E-state index in [1.54, 1.807) is 0 Å². The molecule has 2 heteroatoms. The number of allylic oxidation sites excluding steroid dienone is 2. The van der Waals surface area contributed by atoms with Gasteiger partial charge in [0, 0.05) is 19.0 Å². The Hall–Kier alpha value is -1.57. The molecule has 1 aromatic rings. The molecule has 0 radical (unpaired) electrons. The van der Waals surface area contributed by atoms with E-state index in [4.69, 9.17) is 0 Å². The average molecular weight is 227 g/mol. The minimum atomic E-state index is 0.209. The van der Waals surface area contributed by atoms with Crippen LogP contribution in [-0.2, 0) is 17.8 Å². The van der Waals surface area contributed by atoms with Crippen LogP contribution < -0.4 is 0 Å². The lowest BCUT2D eigenvalue weighted by Gasteiger charge is -2.30. The molecule has 2 nitrogen and oxygen atoms in total. The first-order valence-electron chi connectivity index (χ1n) is 6.35. The molecule has 0 spiro atoms. The maximum atomic E-state index is 12.3. The molecule has 17 heavy (non-hydrogen) atoms. The number of hydrogen-bond donors (Lipinski definition) is 0. The highest BCUT2D eigenvalue weighted by Crippen LogP contribution is 2.24. The van der Waals surface area contributed by atoms with Crippen molar-refractivity contribution in [3.05, 3.63) is 47.5 Å². The van der Waals surface area contributed by atoms with E-state index in [1.807, 2.05) is 4.90 Å². The number of benzene rings is 1. The molecule has 0 saturated heterocycles. The lowest BCUT2D eigenvalue weighted by molar-refractivity contribution is -0.136. The highest BCUT2D eigenvalue weighted by Gasteiger charge is 2.27. The quantitative estimate of drug-likeness (QED) is 0.675. The highest BCUT2D eigenvalue weighted by atomic mass is 16.2. The Balaban J connectivity index is 1.73. The molecule has 0 bridgehead atoms. The number of carbonyl (C=O) groups excluding carboxylic acids is 1. The van der Waals surface area contributed by atoms with Crippen molar-refractivity contribution in [2.45, 2.75) is 25.8 Å². The largest absolute Gasteiger partial charge is 0.338 e. The summed E-state index contributed by atoms with van der Waals surface area (Å²) in [5.41, 5.74) is 2.72. The zero-order valence-electron chi connectivity index (χ0n) is 9.93. The van der Waals surface area contributed by atoms with E-state index < -0.39 is 0 Å². The van der Waals surface area contributed by atoms with E-state index in [1.165, 1.54) is 11.1 Å². The van der Waals surface area contributed by atoms with E-state index in [-0.39, 0.29) is 5.92 Å². The predicted octanol–water partition coefficient (Wildman–Crippen LogP) is 2.54. The van der Waals surface area contributed by atoms with Crippen LogP contribution in [0.2, 0.25) is 0 Å². The Morgan fingerprint density at radius 1 is 1.12 bits per heavy atom. The summed E-state index contributed by atoms with van der Waals surface area (Å²) in [5, 5.41) is 0. The summed E-state index contributed by atoms with van der Waals surface area (Å²) < 4.78 is 0. The lowest BCUT2D eigenvalue weighted by Crippen LogP contribution is -2.39. The summed E-state index contributed by atoms with van der Waals surface area (Å²) in [4.78, 5) is 14.3. The third-order valence-electron chi connectivity index (χ3n) is 3.80. The second-order valence-electron chi connectivity index (χ2n) is 4.92. The summed E-state index contributed by atoms with van der Waals surface area (Å²) in [6, 6.07) is 8.46. The molecule has 88 valence electrons. The van der Waals surface area contributed by atoms with Crippen LogP contribution in [-0.4, -0.2) is 17.4 Å². The zero-order chi connectivity index (χ0) is 11.7. The van der Waals surface area contributed by atoms with E-state index in [9.17, 15) is 4.79 Å². The normalized spacial score (nSPS) is 19.4. The van der Waals surface area contributed by atoms with E-state index >= 15 is 0 Å². The predicted molar refractivity (Wildman–Crippen MR) is 67.4 cm³/mol. The average Bonchev–Trinajstić information content (AvgIpc) is 2.91. The standard InChI is InChI=1S/C15H17NO/c17-15(13-6-2-3-7-13)16-10-9-12-5-1-4-8-14(12)11-16/h1-5,8,13H,6-7,9-11H2. The van der Waals surface area contributed by atoms with Crippen LogP contribution in [0.5, 0.6) is 0 Å². The summed E-state index contributed by atoms with van der Waals surface area (Å²) in [6.07, 6.45) is 7.11. The first-order chi connectivity index (χ1) is 8.34. The molecule has 0 saturated carbocycles. The van der Waals surface area contributed by atoms with Crippen molar-refractivity contribution in [1.29, 1.82) is 0 Å². The van der Waals surface area contributed by atoms with Gasteiger partial charge in [0.15, 0.2) is 0 Å². The number of amides is 1. The van der Waals surface area contributed by atoms with Gasteiger partial charge in [-0.15, -0.1) is 0 Å². The summed E-state index contributed by atoms with van der Waals surface area (Å²) in [5.74, 6) is 0.546. The van der Waals surface area contributed by atoms with Gasteiger partial charge in [0.25, 0.3) is 0 Å². The molecule has 0 N–H and O–H groups in total. The molecule has 1 amide bonds. The van der Waals surface area contributed by atoms with Gasteiger partial charge >= 0.3 is 0 Å². The van der Waals surface area contributed by atoms with Crippen molar-refractivity contribution in [3.8, 4) is 0 Å². The van der Waals surface area contributed by atoms with Gasteiger partial charge in [-0.2, -0.15) is 0 Å². The topological polar surface area (TPSA) is 20.3 Å². The number of hydrogen-bond acceptors (Lipinski definition) is 1. The van der Waals surface area contributed by atoms with Gasteiger partial charge in [0.2, 0.25) is 5.91 Å². The van der Waals surface area contributed by atoms with E-state index in [0.717, 1.165) is 32.4 Å². The third kappa shape index (κ3) is 1.99. The fourth-order valence-electron chi connectivity index (χ4n) is 2.76. The monoisotopic (exact) mass is 227 g/mol. The molecule has 0 unspecified atom stereocenters. The van der Waals surface area contributed by atoms with Crippen LogP contribution in [0.25, 0.3) is 0 Å². The van der Waals surface area contributed by atoms with Gasteiger partial charge in [-0.25, -0.2) is 0 Å². The molecule has 2 aliphatic rings. The number of carbonyl (C=O) groups is 1. The summed E-state index contributed by atoms with van der Waals surface area (Å²) in [7, 11) is 0. The summed E-state index contributed by atoms with van der Waals surface area (Å²) >= 11 is 0. The number of rotatable bonds is 1. The molecular weight excluding hydrogens is 210 g/mol. The molecule has 3 rings (SSSR count). The maximum absolute atomic E-state index is 12.3. The van der Waals surface area contributed by atoms with Crippen molar-refractivity contribution in [1.82, 2.24) is 4.90 Å². The molecule has 1 aliphatic carbocycles. The molecule has 0 fully saturated rings. The second kappa shape index (κ2) is 4.36. The van der Waals surface area contributed by atoms with Crippen molar-refractivity contribution in [2.24, 2.45) is 5.92 Å². The van der Waals surface area contributed by atoms with E-state index in [0.29, 0.717) is 5.91 Å². The Bertz CT molecular complexity index is 456. The highest BCUT2D eigenvalue weighted by molar-refractivity contribution is 5.80.